The molecule has 8 nitrogen and oxygen atoms in total. The number of halogens is 1. The normalized spacial score (nSPS) is 23.3. The first-order chi connectivity index (χ1) is 12.7. The van der Waals surface area contributed by atoms with Gasteiger partial charge in [-0.25, -0.2) is 13.4 Å². The third-order valence-electron chi connectivity index (χ3n) is 4.53. The molecule has 0 saturated carbocycles. The van der Waals surface area contributed by atoms with Gasteiger partial charge in [-0.2, -0.15) is 0 Å². The fourth-order valence-corrected chi connectivity index (χ4v) is 4.26. The molecular weight excluding hydrogens is 415 g/mol. The predicted molar refractivity (Wildman–Crippen MR) is 106 cm³/mol. The maximum atomic E-state index is 14.7. The zero-order valence-corrected chi connectivity index (χ0v) is 16.7. The summed E-state index contributed by atoms with van der Waals surface area (Å²) in [6, 6.07) is 2.89. The highest BCUT2D eigenvalue weighted by Crippen LogP contribution is 2.30. The van der Waals surface area contributed by atoms with Crippen LogP contribution in [0.15, 0.2) is 18.2 Å². The molecule has 2 aliphatic heterocycles. The number of thiol groups is 1. The molecule has 0 radical (unpaired) electrons. The number of nitrogens with zero attached hydrogens (tertiary/aromatic N) is 3. The van der Waals surface area contributed by atoms with Gasteiger partial charge in [0.15, 0.2) is 0 Å². The Morgan fingerprint density at radius 1 is 1.30 bits per heavy atom. The van der Waals surface area contributed by atoms with Crippen LogP contribution >= 0.6 is 12.8 Å². The van der Waals surface area contributed by atoms with E-state index in [4.69, 9.17) is 0 Å². The summed E-state index contributed by atoms with van der Waals surface area (Å²) < 4.78 is 36.5. The Kier molecular flexibility index (Phi) is 5.91. The van der Waals surface area contributed by atoms with Crippen LogP contribution in [0.3, 0.4) is 0 Å². The summed E-state index contributed by atoms with van der Waals surface area (Å²) in [7, 11) is -3.84. The molecule has 2 unspecified atom stereocenters. The Hall–Kier alpha value is -1.47. The van der Waals surface area contributed by atoms with Crippen molar-refractivity contribution >= 4 is 56.3 Å². The minimum atomic E-state index is -3.84. The molecule has 1 aromatic carbocycles. The van der Waals surface area contributed by atoms with Gasteiger partial charge in [-0.1, -0.05) is 12.8 Å². The SMILES string of the molecule is O=C1NCCCN1c1ccc(N2CCCC(N(S)S(=O)(O)=S)C2=O)c(F)c1. The van der Waals surface area contributed by atoms with Crippen LogP contribution < -0.4 is 15.1 Å². The molecule has 3 amide bonds. The van der Waals surface area contributed by atoms with Crippen LogP contribution in [0.1, 0.15) is 19.3 Å². The molecule has 3 rings (SSSR count). The summed E-state index contributed by atoms with van der Waals surface area (Å²) in [5.41, 5.74) is 0.440. The molecule has 148 valence electrons. The van der Waals surface area contributed by atoms with Crippen molar-refractivity contribution in [2.24, 2.45) is 0 Å². The lowest BCUT2D eigenvalue weighted by Gasteiger charge is -2.35. The summed E-state index contributed by atoms with van der Waals surface area (Å²) >= 11 is 8.37. The number of anilines is 2. The Labute approximate surface area is 166 Å². The van der Waals surface area contributed by atoms with Crippen LogP contribution in [-0.4, -0.2) is 50.1 Å². The molecular formula is C15H19FN4O4S3. The van der Waals surface area contributed by atoms with Gasteiger partial charge in [0.05, 0.1) is 5.69 Å². The van der Waals surface area contributed by atoms with E-state index < -0.39 is 26.7 Å². The number of urea groups is 1. The van der Waals surface area contributed by atoms with Gasteiger partial charge >= 0.3 is 6.03 Å². The van der Waals surface area contributed by atoms with E-state index in [1.807, 2.05) is 0 Å². The first-order valence-corrected chi connectivity index (χ1v) is 11.1. The van der Waals surface area contributed by atoms with E-state index in [0.717, 1.165) is 6.42 Å². The van der Waals surface area contributed by atoms with Gasteiger partial charge in [0, 0.05) is 36.5 Å². The molecule has 0 aliphatic carbocycles. The van der Waals surface area contributed by atoms with Crippen LogP contribution in [0.2, 0.25) is 0 Å². The van der Waals surface area contributed by atoms with Gasteiger partial charge in [-0.15, -0.1) is 3.71 Å². The standard InChI is InChI=1S/C15H19FN4O4S3/c16-11-9-10(18-8-2-6-17-15(18)22)4-5-12(11)19-7-1-3-13(14(19)21)20(25)27(23,24)26/h4-5,9,13,25H,1-3,6-8H2,(H,17,22)(H,23,24,26). The summed E-state index contributed by atoms with van der Waals surface area (Å²) in [4.78, 5) is 27.3. The van der Waals surface area contributed by atoms with Crippen molar-refractivity contribution in [3.8, 4) is 0 Å². The predicted octanol–water partition coefficient (Wildman–Crippen LogP) is 1.52. The van der Waals surface area contributed by atoms with Crippen molar-refractivity contribution in [3.05, 3.63) is 24.0 Å². The maximum absolute atomic E-state index is 14.7. The van der Waals surface area contributed by atoms with Gasteiger partial charge < -0.3 is 10.2 Å². The summed E-state index contributed by atoms with van der Waals surface area (Å²) in [5, 5.41) is 2.69. The minimum absolute atomic E-state index is 0.0430. The molecule has 2 N–H and O–H groups in total. The number of nitrogens with one attached hydrogen (secondary N) is 1. The average molecular weight is 435 g/mol. The second kappa shape index (κ2) is 7.87. The van der Waals surface area contributed by atoms with Gasteiger partial charge in [0.1, 0.15) is 11.9 Å². The Bertz CT molecular complexity index is 867. The van der Waals surface area contributed by atoms with E-state index in [0.29, 0.717) is 35.3 Å². The molecule has 0 spiro atoms. The van der Waals surface area contributed by atoms with Gasteiger partial charge in [0.25, 0.3) is 0 Å². The zero-order valence-electron chi connectivity index (χ0n) is 14.2. The molecule has 2 saturated heterocycles. The molecule has 2 aliphatic rings. The van der Waals surface area contributed by atoms with Crippen molar-refractivity contribution in [1.82, 2.24) is 9.03 Å². The van der Waals surface area contributed by atoms with Crippen molar-refractivity contribution in [2.45, 2.75) is 25.3 Å². The first-order valence-electron chi connectivity index (χ1n) is 8.32. The number of carbonyl (C=O) groups is 2. The summed E-state index contributed by atoms with van der Waals surface area (Å²) in [5.74, 6) is -1.21. The fraction of sp³-hybridized carbons (Fsp3) is 0.467. The average Bonchev–Trinajstić information content (AvgIpc) is 2.61. The molecule has 2 heterocycles. The lowest BCUT2D eigenvalue weighted by atomic mass is 10.0. The number of piperidine rings is 1. The zero-order chi connectivity index (χ0) is 19.8. The van der Waals surface area contributed by atoms with Crippen LogP contribution in [0, 0.1) is 5.82 Å². The molecule has 1 aromatic rings. The molecule has 0 bridgehead atoms. The Morgan fingerprint density at radius 2 is 2.00 bits per heavy atom. The van der Waals surface area contributed by atoms with Crippen molar-refractivity contribution in [1.29, 1.82) is 0 Å². The van der Waals surface area contributed by atoms with E-state index in [-0.39, 0.29) is 18.3 Å². The topological polar surface area (TPSA) is 93.2 Å². The second-order valence-corrected chi connectivity index (χ2v) is 9.56. The third kappa shape index (κ3) is 4.19. The maximum Gasteiger partial charge on any atom is 0.321 e. The van der Waals surface area contributed by atoms with Gasteiger partial charge in [-0.3, -0.25) is 14.2 Å². The Balaban J connectivity index is 1.85. The van der Waals surface area contributed by atoms with Crippen molar-refractivity contribution in [2.75, 3.05) is 29.4 Å². The minimum Gasteiger partial charge on any atom is -0.338 e. The largest absolute Gasteiger partial charge is 0.338 e. The number of hydrogen-bond acceptors (Lipinski definition) is 5. The number of carbonyl (C=O) groups excluding carboxylic acids is 2. The highest BCUT2D eigenvalue weighted by atomic mass is 32.9. The fourth-order valence-electron chi connectivity index (χ4n) is 3.22. The van der Waals surface area contributed by atoms with Crippen LogP contribution in [0.25, 0.3) is 0 Å². The summed E-state index contributed by atoms with van der Waals surface area (Å²) in [6.45, 7) is 1.33. The van der Waals surface area contributed by atoms with E-state index >= 15 is 0 Å². The Morgan fingerprint density at radius 3 is 2.63 bits per heavy atom. The van der Waals surface area contributed by atoms with Crippen LogP contribution in [0.4, 0.5) is 20.6 Å². The highest BCUT2D eigenvalue weighted by Gasteiger charge is 2.37. The van der Waals surface area contributed by atoms with Crippen molar-refractivity contribution < 1.29 is 22.7 Å². The molecule has 12 heteroatoms. The van der Waals surface area contributed by atoms with E-state index in [9.17, 15) is 22.7 Å². The molecule has 0 aromatic heterocycles. The smallest absolute Gasteiger partial charge is 0.321 e. The second-order valence-electron chi connectivity index (χ2n) is 6.27. The quantitative estimate of drug-likeness (QED) is 0.625. The first kappa shape index (κ1) is 20.3. The molecule has 2 atom stereocenters. The number of amides is 3. The number of hydrogen-bond donors (Lipinski definition) is 3. The highest BCUT2D eigenvalue weighted by molar-refractivity contribution is 8.30. The van der Waals surface area contributed by atoms with E-state index in [2.05, 4.69) is 29.3 Å². The monoisotopic (exact) mass is 434 g/mol. The van der Waals surface area contributed by atoms with E-state index in [1.54, 1.807) is 6.07 Å². The van der Waals surface area contributed by atoms with Gasteiger partial charge in [0.2, 0.25) is 14.9 Å². The number of benzene rings is 1. The van der Waals surface area contributed by atoms with Gasteiger partial charge in [-0.05, 0) is 37.5 Å². The lowest BCUT2D eigenvalue weighted by Crippen LogP contribution is -2.51. The van der Waals surface area contributed by atoms with Crippen LogP contribution in [0.5, 0.6) is 0 Å². The van der Waals surface area contributed by atoms with Crippen LogP contribution in [-0.2, 0) is 24.9 Å². The number of rotatable bonds is 4. The van der Waals surface area contributed by atoms with Crippen molar-refractivity contribution in [3.63, 3.8) is 0 Å². The summed E-state index contributed by atoms with van der Waals surface area (Å²) in [6.07, 6.45) is 1.54. The lowest BCUT2D eigenvalue weighted by molar-refractivity contribution is -0.122. The molecule has 27 heavy (non-hydrogen) atoms. The van der Waals surface area contributed by atoms with E-state index in [1.165, 1.54) is 21.9 Å². The molecule has 2 fully saturated rings. The third-order valence-corrected chi connectivity index (χ3v) is 7.01.